The lowest BCUT2D eigenvalue weighted by Gasteiger charge is -2.23. The van der Waals surface area contributed by atoms with Crippen molar-refractivity contribution in [1.29, 1.82) is 0 Å². The molecule has 8 heteroatoms. The Labute approximate surface area is 210 Å². The molecule has 0 aliphatic heterocycles. The Bertz CT molecular complexity index is 626. The molecule has 0 bridgehead atoms. The Morgan fingerprint density at radius 3 is 1.91 bits per heavy atom. The first-order valence-corrected chi connectivity index (χ1v) is 14.3. The summed E-state index contributed by atoms with van der Waals surface area (Å²) in [6, 6.07) is 0. The third-order valence-corrected chi connectivity index (χ3v) is 5.47. The third-order valence-electron chi connectivity index (χ3n) is 4.94. The van der Waals surface area contributed by atoms with Crippen LogP contribution in [0, 0.1) is 0 Å². The van der Waals surface area contributed by atoms with Gasteiger partial charge in [0.15, 0.2) is 0 Å². The van der Waals surface area contributed by atoms with E-state index in [4.69, 9.17) is 0 Å². The number of quaternary nitrogens is 1. The molecule has 0 saturated heterocycles. The van der Waals surface area contributed by atoms with Crippen LogP contribution in [0.2, 0.25) is 0 Å². The first kappa shape index (κ1) is 34.9. The summed E-state index contributed by atoms with van der Waals surface area (Å²) in [4.78, 5) is 11.8. The maximum atomic E-state index is 11.8. The van der Waals surface area contributed by atoms with Gasteiger partial charge in [-0.3, -0.25) is 8.98 Å². The highest BCUT2D eigenvalue weighted by Crippen LogP contribution is 2.08. The second kappa shape index (κ2) is 23.5. The van der Waals surface area contributed by atoms with Crippen molar-refractivity contribution < 1.29 is 26.4 Å². The van der Waals surface area contributed by atoms with E-state index in [1.54, 1.807) is 0 Å². The molecule has 202 valence electrons. The molecular formula is C26H52N2O5S. The minimum atomic E-state index is -4.42. The van der Waals surface area contributed by atoms with Crippen LogP contribution in [0.5, 0.6) is 0 Å². The molecule has 0 aliphatic rings. The summed E-state index contributed by atoms with van der Waals surface area (Å²) in [6.07, 6.45) is 24.5. The van der Waals surface area contributed by atoms with Crippen molar-refractivity contribution in [3.63, 3.8) is 0 Å². The predicted octanol–water partition coefficient (Wildman–Crippen LogP) is 5.50. The average molecular weight is 505 g/mol. The number of nitrogens with zero attached hydrogens (tertiary/aromatic N) is 1. The molecule has 1 amide bonds. The fourth-order valence-electron chi connectivity index (χ4n) is 3.11. The molecule has 0 rings (SSSR count). The van der Waals surface area contributed by atoms with Gasteiger partial charge in [-0.05, 0) is 45.4 Å². The fraction of sp³-hybridized carbons (Fsp3) is 0.808. The molecular weight excluding hydrogens is 452 g/mol. The molecule has 0 saturated carbocycles. The summed E-state index contributed by atoms with van der Waals surface area (Å²) in [6.45, 7) is 5.50. The first-order chi connectivity index (χ1) is 16.0. The number of unbranched alkanes of at least 4 members (excludes halogenated alkanes) is 8. The molecule has 0 unspecified atom stereocenters. The van der Waals surface area contributed by atoms with Crippen LogP contribution in [0.3, 0.4) is 0 Å². The Hall–Kier alpha value is -1.22. The van der Waals surface area contributed by atoms with Gasteiger partial charge in [0, 0.05) is 19.4 Å². The van der Waals surface area contributed by atoms with Gasteiger partial charge in [-0.15, -0.1) is 0 Å². The molecule has 0 aromatic rings. The van der Waals surface area contributed by atoms with Crippen LogP contribution in [-0.4, -0.2) is 64.2 Å². The van der Waals surface area contributed by atoms with Gasteiger partial charge in [-0.25, -0.2) is 8.42 Å². The van der Waals surface area contributed by atoms with E-state index in [0.29, 0.717) is 6.42 Å². The lowest BCUT2D eigenvalue weighted by molar-refractivity contribution is -0.870. The number of allylic oxidation sites excluding steroid dienone is 4. The van der Waals surface area contributed by atoms with E-state index in [1.165, 1.54) is 64.7 Å². The Morgan fingerprint density at radius 1 is 0.853 bits per heavy atom. The largest absolute Gasteiger partial charge is 0.726 e. The highest BCUT2D eigenvalue weighted by molar-refractivity contribution is 7.80. The number of nitrogens with one attached hydrogen (secondary N) is 1. The summed E-state index contributed by atoms with van der Waals surface area (Å²) in [5.74, 6) is 0.224. The quantitative estimate of drug-likeness (QED) is 0.0777. The van der Waals surface area contributed by atoms with Crippen LogP contribution in [0.25, 0.3) is 0 Å². The van der Waals surface area contributed by atoms with Crippen LogP contribution >= 0.6 is 0 Å². The van der Waals surface area contributed by atoms with Crippen molar-refractivity contribution in [2.75, 3.05) is 40.8 Å². The molecule has 0 spiro atoms. The van der Waals surface area contributed by atoms with E-state index in [9.17, 15) is 17.8 Å². The van der Waals surface area contributed by atoms with Gasteiger partial charge in [-0.2, -0.15) is 0 Å². The number of rotatable bonds is 20. The number of carbonyl (C=O) groups is 1. The second-order valence-electron chi connectivity index (χ2n) is 9.51. The molecule has 0 aromatic heterocycles. The molecule has 0 fully saturated rings. The van der Waals surface area contributed by atoms with Crippen molar-refractivity contribution in [3.05, 3.63) is 24.3 Å². The smallest absolute Gasteiger partial charge is 0.219 e. The summed E-state index contributed by atoms with van der Waals surface area (Å²) in [5, 5.41) is 3.04. The predicted molar refractivity (Wildman–Crippen MR) is 141 cm³/mol. The molecule has 0 heterocycles. The van der Waals surface area contributed by atoms with Crippen LogP contribution in [0.4, 0.5) is 0 Å². The molecule has 7 nitrogen and oxygen atoms in total. The van der Waals surface area contributed by atoms with Crippen LogP contribution < -0.4 is 5.32 Å². The molecule has 0 radical (unpaired) electrons. The van der Waals surface area contributed by atoms with Gasteiger partial charge in [0.1, 0.15) is 0 Å². The van der Waals surface area contributed by atoms with E-state index in [0.717, 1.165) is 36.8 Å². The normalized spacial score (nSPS) is 12.2. The van der Waals surface area contributed by atoms with Gasteiger partial charge >= 0.3 is 0 Å². The zero-order valence-corrected chi connectivity index (χ0v) is 23.3. The van der Waals surface area contributed by atoms with Crippen molar-refractivity contribution >= 4 is 16.3 Å². The fourth-order valence-corrected chi connectivity index (χ4v) is 3.40. The van der Waals surface area contributed by atoms with Crippen molar-refractivity contribution in [3.8, 4) is 0 Å². The van der Waals surface area contributed by atoms with E-state index in [2.05, 4.69) is 61.9 Å². The highest BCUT2D eigenvalue weighted by Gasteiger charge is 2.06. The maximum absolute atomic E-state index is 11.8. The summed E-state index contributed by atoms with van der Waals surface area (Å²) < 4.78 is 33.0. The van der Waals surface area contributed by atoms with Crippen molar-refractivity contribution in [2.45, 2.75) is 97.3 Å². The van der Waals surface area contributed by atoms with Crippen LogP contribution in [0.1, 0.15) is 97.3 Å². The minimum absolute atomic E-state index is 0.0914. The maximum Gasteiger partial charge on any atom is 0.219 e. The number of carbonyl (C=O) groups excluding carboxylic acids is 1. The summed E-state index contributed by atoms with van der Waals surface area (Å²) >= 11 is 0. The van der Waals surface area contributed by atoms with Gasteiger partial charge in [-0.1, -0.05) is 63.3 Å². The third kappa shape index (κ3) is 35.4. The van der Waals surface area contributed by atoms with Crippen molar-refractivity contribution in [1.82, 2.24) is 5.32 Å². The number of hydrogen-bond acceptors (Lipinski definition) is 5. The zero-order chi connectivity index (χ0) is 26.1. The van der Waals surface area contributed by atoms with Gasteiger partial charge < -0.3 is 14.4 Å². The molecule has 34 heavy (non-hydrogen) atoms. The second-order valence-corrected chi connectivity index (χ2v) is 10.6. The van der Waals surface area contributed by atoms with E-state index < -0.39 is 10.4 Å². The average Bonchev–Trinajstić information content (AvgIpc) is 2.73. The zero-order valence-electron chi connectivity index (χ0n) is 22.5. The van der Waals surface area contributed by atoms with Gasteiger partial charge in [0.2, 0.25) is 16.3 Å². The van der Waals surface area contributed by atoms with Gasteiger partial charge in [0.25, 0.3) is 0 Å². The monoisotopic (exact) mass is 504 g/mol. The molecule has 0 aromatic carbocycles. The lowest BCUT2D eigenvalue weighted by atomic mass is 10.1. The van der Waals surface area contributed by atoms with E-state index >= 15 is 0 Å². The van der Waals surface area contributed by atoms with Gasteiger partial charge in [0.05, 0.1) is 34.3 Å². The standard InChI is InChI=1S/C24H46N2O.C2H6O4S/c1-5-6-7-8-9-10-11-12-13-14-15-16-17-18-19-21-24(27)25-22-20-23-26(2,3)4;1-2-6-7(3,4)5/h9-10,12-13H,5-8,11,14-23H2,1-4H3;2H2,1H3,(H,3,4,5)/b10-9-,13-12-;. The Balaban J connectivity index is 0. The lowest BCUT2D eigenvalue weighted by Crippen LogP contribution is -2.37. The Kier molecular flexibility index (Phi) is 24.2. The van der Waals surface area contributed by atoms with Crippen molar-refractivity contribution in [2.24, 2.45) is 0 Å². The summed E-state index contributed by atoms with van der Waals surface area (Å²) in [7, 11) is 2.13. The number of amides is 1. The molecule has 0 aliphatic carbocycles. The van der Waals surface area contributed by atoms with Crippen LogP contribution in [-0.2, 0) is 19.4 Å². The Morgan fingerprint density at radius 2 is 1.41 bits per heavy atom. The minimum Gasteiger partial charge on any atom is -0.726 e. The molecule has 0 atom stereocenters. The summed E-state index contributed by atoms with van der Waals surface area (Å²) in [5.41, 5.74) is 0. The SMILES string of the molecule is CCCCC/C=C\C/C=C\CCCCCCCC(=O)NCCC[N+](C)(C)C.CCOS(=O)(=O)[O-]. The molecule has 1 N–H and O–H groups in total. The van der Waals surface area contributed by atoms with E-state index in [1.807, 2.05) is 0 Å². The highest BCUT2D eigenvalue weighted by atomic mass is 32.3. The topological polar surface area (TPSA) is 95.5 Å². The first-order valence-electron chi connectivity index (χ1n) is 13.0. The number of hydrogen-bond donors (Lipinski definition) is 1. The van der Waals surface area contributed by atoms with Crippen LogP contribution in [0.15, 0.2) is 24.3 Å². The van der Waals surface area contributed by atoms with E-state index in [-0.39, 0.29) is 12.5 Å².